The van der Waals surface area contributed by atoms with Gasteiger partial charge in [0.25, 0.3) is 5.91 Å². The molecule has 0 radical (unpaired) electrons. The number of rotatable bonds is 4. The molecule has 1 N–H and O–H groups in total. The Morgan fingerprint density at radius 1 is 1.14 bits per heavy atom. The standard InChI is InChI=1S/C18H25NO3/c1-12-9-10-15(11-13(12)2)17(20)19-16(18(21)22-3)14-7-5-4-6-8-14/h9-11,14,16H,4-8H2,1-3H3,(H,19,20). The van der Waals surface area contributed by atoms with Crippen molar-refractivity contribution >= 4 is 11.9 Å². The highest BCUT2D eigenvalue weighted by Crippen LogP contribution is 2.27. The topological polar surface area (TPSA) is 55.4 Å². The van der Waals surface area contributed by atoms with Gasteiger partial charge in [0.05, 0.1) is 7.11 Å². The number of carbonyl (C=O) groups excluding carboxylic acids is 2. The van der Waals surface area contributed by atoms with Gasteiger partial charge in [-0.25, -0.2) is 4.79 Å². The number of amides is 1. The van der Waals surface area contributed by atoms with Crippen molar-refractivity contribution in [3.05, 3.63) is 34.9 Å². The Morgan fingerprint density at radius 3 is 2.41 bits per heavy atom. The molecule has 1 aliphatic carbocycles. The van der Waals surface area contributed by atoms with Gasteiger partial charge in [0.1, 0.15) is 6.04 Å². The molecule has 1 aliphatic rings. The van der Waals surface area contributed by atoms with E-state index in [9.17, 15) is 9.59 Å². The normalized spacial score (nSPS) is 16.9. The van der Waals surface area contributed by atoms with Crippen molar-refractivity contribution in [2.45, 2.75) is 52.0 Å². The van der Waals surface area contributed by atoms with Gasteiger partial charge in [0.2, 0.25) is 0 Å². The van der Waals surface area contributed by atoms with Crippen molar-refractivity contribution in [1.82, 2.24) is 5.32 Å². The molecule has 4 heteroatoms. The molecule has 1 aromatic carbocycles. The molecule has 2 rings (SSSR count). The minimum atomic E-state index is -0.542. The number of aryl methyl sites for hydroxylation is 2. The first-order valence-corrected chi connectivity index (χ1v) is 7.99. The number of benzene rings is 1. The Kier molecular flexibility index (Phi) is 5.58. The zero-order chi connectivity index (χ0) is 16.1. The summed E-state index contributed by atoms with van der Waals surface area (Å²) < 4.78 is 4.89. The van der Waals surface area contributed by atoms with E-state index in [2.05, 4.69) is 5.32 Å². The van der Waals surface area contributed by atoms with Crippen molar-refractivity contribution in [2.75, 3.05) is 7.11 Å². The first kappa shape index (κ1) is 16.5. The van der Waals surface area contributed by atoms with E-state index < -0.39 is 6.04 Å². The molecule has 1 unspecified atom stereocenters. The van der Waals surface area contributed by atoms with Crippen molar-refractivity contribution in [1.29, 1.82) is 0 Å². The molecule has 0 aliphatic heterocycles. The fraction of sp³-hybridized carbons (Fsp3) is 0.556. The Labute approximate surface area is 132 Å². The Balaban J connectivity index is 2.13. The fourth-order valence-electron chi connectivity index (χ4n) is 3.07. The quantitative estimate of drug-likeness (QED) is 0.869. The van der Waals surface area contributed by atoms with Gasteiger partial charge in [0, 0.05) is 5.56 Å². The lowest BCUT2D eigenvalue weighted by molar-refractivity contribution is -0.144. The Bertz CT molecular complexity index is 547. The molecule has 120 valence electrons. The van der Waals surface area contributed by atoms with Gasteiger partial charge in [-0.15, -0.1) is 0 Å². The molecule has 0 bridgehead atoms. The predicted octanol–water partition coefficient (Wildman–Crippen LogP) is 3.16. The molecule has 1 atom stereocenters. The third-order valence-electron chi connectivity index (χ3n) is 4.63. The van der Waals surface area contributed by atoms with Crippen LogP contribution in [0.15, 0.2) is 18.2 Å². The maximum absolute atomic E-state index is 12.5. The summed E-state index contributed by atoms with van der Waals surface area (Å²) >= 11 is 0. The molecule has 1 amide bonds. The van der Waals surface area contributed by atoms with E-state index in [1.54, 1.807) is 6.07 Å². The van der Waals surface area contributed by atoms with Crippen LogP contribution in [0.4, 0.5) is 0 Å². The van der Waals surface area contributed by atoms with Crippen LogP contribution in [-0.2, 0) is 9.53 Å². The Hall–Kier alpha value is -1.84. The summed E-state index contributed by atoms with van der Waals surface area (Å²) in [5.41, 5.74) is 2.81. The predicted molar refractivity (Wildman–Crippen MR) is 85.8 cm³/mol. The van der Waals surface area contributed by atoms with Crippen LogP contribution in [-0.4, -0.2) is 25.0 Å². The molecule has 0 aromatic heterocycles. The molecule has 1 aromatic rings. The van der Waals surface area contributed by atoms with E-state index >= 15 is 0 Å². The summed E-state index contributed by atoms with van der Waals surface area (Å²) in [6.45, 7) is 3.99. The molecule has 0 heterocycles. The van der Waals surface area contributed by atoms with E-state index in [-0.39, 0.29) is 17.8 Å². The second-order valence-corrected chi connectivity index (χ2v) is 6.17. The SMILES string of the molecule is COC(=O)C(NC(=O)c1ccc(C)c(C)c1)C1CCCCC1. The number of hydrogen-bond donors (Lipinski definition) is 1. The first-order valence-electron chi connectivity index (χ1n) is 7.99. The number of hydrogen-bond acceptors (Lipinski definition) is 3. The third-order valence-corrected chi connectivity index (χ3v) is 4.63. The van der Waals surface area contributed by atoms with Gasteiger partial charge in [-0.1, -0.05) is 25.3 Å². The van der Waals surface area contributed by atoms with Crippen LogP contribution in [0.1, 0.15) is 53.6 Å². The number of ether oxygens (including phenoxy) is 1. The average Bonchev–Trinajstić information content (AvgIpc) is 2.55. The van der Waals surface area contributed by atoms with Crippen LogP contribution in [0.5, 0.6) is 0 Å². The van der Waals surface area contributed by atoms with E-state index in [1.165, 1.54) is 13.5 Å². The molecule has 0 spiro atoms. The lowest BCUT2D eigenvalue weighted by atomic mass is 9.83. The summed E-state index contributed by atoms with van der Waals surface area (Å²) in [6, 6.07) is 5.05. The minimum absolute atomic E-state index is 0.177. The van der Waals surface area contributed by atoms with Crippen molar-refractivity contribution in [3.63, 3.8) is 0 Å². The fourth-order valence-corrected chi connectivity index (χ4v) is 3.07. The van der Waals surface area contributed by atoms with Crippen molar-refractivity contribution in [2.24, 2.45) is 5.92 Å². The van der Waals surface area contributed by atoms with E-state index in [0.717, 1.165) is 36.8 Å². The largest absolute Gasteiger partial charge is 0.467 e. The third kappa shape index (κ3) is 3.87. The molecule has 4 nitrogen and oxygen atoms in total. The summed E-state index contributed by atoms with van der Waals surface area (Å²) in [6.07, 6.45) is 5.35. The van der Waals surface area contributed by atoms with Gasteiger partial charge in [-0.2, -0.15) is 0 Å². The number of methoxy groups -OCH3 is 1. The zero-order valence-corrected chi connectivity index (χ0v) is 13.6. The maximum atomic E-state index is 12.5. The summed E-state index contributed by atoms with van der Waals surface area (Å²) in [5.74, 6) is -0.371. The van der Waals surface area contributed by atoms with E-state index in [4.69, 9.17) is 4.74 Å². The highest BCUT2D eigenvalue weighted by molar-refractivity contribution is 5.97. The van der Waals surface area contributed by atoms with Crippen LogP contribution < -0.4 is 5.32 Å². The smallest absolute Gasteiger partial charge is 0.328 e. The van der Waals surface area contributed by atoms with Gasteiger partial charge in [-0.3, -0.25) is 4.79 Å². The summed E-state index contributed by atoms with van der Waals surface area (Å²) in [7, 11) is 1.38. The van der Waals surface area contributed by atoms with Gasteiger partial charge < -0.3 is 10.1 Å². The van der Waals surface area contributed by atoms with Crippen molar-refractivity contribution in [3.8, 4) is 0 Å². The summed E-state index contributed by atoms with van der Waals surface area (Å²) in [4.78, 5) is 24.5. The lowest BCUT2D eigenvalue weighted by Crippen LogP contribution is -2.47. The highest BCUT2D eigenvalue weighted by Gasteiger charge is 2.31. The number of esters is 1. The maximum Gasteiger partial charge on any atom is 0.328 e. The monoisotopic (exact) mass is 303 g/mol. The van der Waals surface area contributed by atoms with Crippen LogP contribution >= 0.6 is 0 Å². The lowest BCUT2D eigenvalue weighted by Gasteiger charge is -2.29. The van der Waals surface area contributed by atoms with E-state index in [1.807, 2.05) is 26.0 Å². The Morgan fingerprint density at radius 2 is 1.82 bits per heavy atom. The molecular formula is C18H25NO3. The molecule has 1 saturated carbocycles. The summed E-state index contributed by atoms with van der Waals surface area (Å²) in [5, 5.41) is 2.89. The zero-order valence-electron chi connectivity index (χ0n) is 13.6. The first-order chi connectivity index (χ1) is 10.5. The van der Waals surface area contributed by atoms with Gasteiger partial charge in [0.15, 0.2) is 0 Å². The highest BCUT2D eigenvalue weighted by atomic mass is 16.5. The minimum Gasteiger partial charge on any atom is -0.467 e. The van der Waals surface area contributed by atoms with Crippen LogP contribution in [0.3, 0.4) is 0 Å². The van der Waals surface area contributed by atoms with Crippen LogP contribution in [0.25, 0.3) is 0 Å². The number of carbonyl (C=O) groups is 2. The molecule has 1 fully saturated rings. The number of nitrogens with one attached hydrogen (secondary N) is 1. The molecular weight excluding hydrogens is 278 g/mol. The van der Waals surface area contributed by atoms with Crippen LogP contribution in [0.2, 0.25) is 0 Å². The van der Waals surface area contributed by atoms with Crippen LogP contribution in [0, 0.1) is 19.8 Å². The van der Waals surface area contributed by atoms with Gasteiger partial charge >= 0.3 is 5.97 Å². The molecule has 22 heavy (non-hydrogen) atoms. The van der Waals surface area contributed by atoms with E-state index in [0.29, 0.717) is 5.56 Å². The molecule has 0 saturated heterocycles. The second kappa shape index (κ2) is 7.43. The average molecular weight is 303 g/mol. The van der Waals surface area contributed by atoms with Crippen molar-refractivity contribution < 1.29 is 14.3 Å². The van der Waals surface area contributed by atoms with Gasteiger partial charge in [-0.05, 0) is 55.9 Å². The second-order valence-electron chi connectivity index (χ2n) is 6.17.